The number of anilines is 3. The summed E-state index contributed by atoms with van der Waals surface area (Å²) in [5.74, 6) is -0.534. The van der Waals surface area contributed by atoms with Gasteiger partial charge in [0.25, 0.3) is 35.4 Å². The van der Waals surface area contributed by atoms with Gasteiger partial charge in [-0.2, -0.15) is 26.3 Å². The third-order valence-electron chi connectivity index (χ3n) is 12.8. The Kier molecular flexibility index (Phi) is 14.1. The first-order chi connectivity index (χ1) is 35.9. The first kappa shape index (κ1) is 50.9. The molecular formula is C57H41F6N3O9. The zero-order chi connectivity index (χ0) is 53.1. The molecule has 18 heteroatoms. The molecule has 0 bridgehead atoms. The van der Waals surface area contributed by atoms with Gasteiger partial charge in [-0.05, 0) is 139 Å². The van der Waals surface area contributed by atoms with Crippen molar-refractivity contribution in [2.45, 2.75) is 55.8 Å². The number of halogens is 6. The van der Waals surface area contributed by atoms with Crippen LogP contribution in [0.3, 0.4) is 0 Å². The minimum atomic E-state index is -5.83. The Morgan fingerprint density at radius 3 is 0.973 bits per heavy atom. The zero-order valence-corrected chi connectivity index (χ0v) is 39.2. The van der Waals surface area contributed by atoms with Crippen molar-refractivity contribution in [1.29, 1.82) is 0 Å². The smallest absolute Gasteiger partial charge is 0.411 e. The standard InChI is InChI=1S/C35H20F6N2O6.C22H21NO3/c36-34(37,38)33(35(39,40)41,21-1-9-25(10-2-21)48-27-13-5-23(6-14-27)42-29(44)17-18-30(42)45)22-3-11-26(12-4-22)49-28-15-7-24(8-16-28)43-31(46)19-20-32(43)47;24-21-14-15-22(25)23(21)17-10-12-18(13-11-17)26-20-9-5-4-8-19(20)16-6-2-1-3-7-16/h1-20H;4-5,8-16H,1-3,6-7H2. The molecule has 0 saturated heterocycles. The fourth-order valence-electron chi connectivity index (χ4n) is 9.21. The molecule has 10 rings (SSSR count). The zero-order valence-electron chi connectivity index (χ0n) is 39.2. The number of nitrogens with zero attached hydrogens (tertiary/aromatic N) is 3. The van der Waals surface area contributed by atoms with Crippen molar-refractivity contribution in [3.8, 4) is 34.5 Å². The van der Waals surface area contributed by atoms with Gasteiger partial charge in [0.2, 0.25) is 5.41 Å². The maximum Gasteiger partial charge on any atom is 0.411 e. The average Bonchev–Trinajstić information content (AvgIpc) is 4.06. The van der Waals surface area contributed by atoms with E-state index in [1.807, 2.05) is 12.1 Å². The van der Waals surface area contributed by atoms with E-state index in [0.717, 1.165) is 69.0 Å². The van der Waals surface area contributed by atoms with Crippen molar-refractivity contribution in [2.75, 3.05) is 14.7 Å². The lowest BCUT2D eigenvalue weighted by molar-refractivity contribution is -0.288. The van der Waals surface area contributed by atoms with Crippen LogP contribution in [0.15, 0.2) is 182 Å². The summed E-state index contributed by atoms with van der Waals surface area (Å²) in [6, 6.07) is 32.9. The summed E-state index contributed by atoms with van der Waals surface area (Å²) in [5, 5.41) is 0. The minimum Gasteiger partial charge on any atom is -0.457 e. The molecule has 4 aliphatic rings. The molecule has 1 fully saturated rings. The Labute approximate surface area is 424 Å². The van der Waals surface area contributed by atoms with Crippen molar-refractivity contribution < 1.29 is 69.3 Å². The molecule has 0 spiro atoms. The first-order valence-electron chi connectivity index (χ1n) is 23.4. The average molecular weight is 1030 g/mol. The number of carbonyl (C=O) groups is 6. The SMILES string of the molecule is O=C1C=CC(=O)N1c1ccc(Oc2ccc(C(c3ccc(Oc4ccc(N5C(=O)C=CC5=O)cc4)cc3)(C(F)(F)F)C(F)(F)F)cc2)cc1.O=C1C=CC(=O)N1c1ccc(Oc2ccccc2C2CCCCC2)cc1. The molecule has 0 aromatic heterocycles. The van der Waals surface area contributed by atoms with Gasteiger partial charge in [0.1, 0.15) is 34.5 Å². The van der Waals surface area contributed by atoms with Crippen LogP contribution in [0.1, 0.15) is 54.7 Å². The second kappa shape index (κ2) is 20.8. The molecule has 6 amide bonds. The van der Waals surface area contributed by atoms with E-state index in [2.05, 4.69) is 12.1 Å². The van der Waals surface area contributed by atoms with Gasteiger partial charge in [0, 0.05) is 36.5 Å². The van der Waals surface area contributed by atoms with E-state index in [4.69, 9.17) is 14.2 Å². The summed E-state index contributed by atoms with van der Waals surface area (Å²) < 4.78 is 105. The summed E-state index contributed by atoms with van der Waals surface area (Å²) in [5.41, 5.74) is -4.35. The Hall–Kier alpha value is -9.06. The Morgan fingerprint density at radius 2 is 0.653 bits per heavy atom. The van der Waals surface area contributed by atoms with Crippen LogP contribution >= 0.6 is 0 Å². The van der Waals surface area contributed by atoms with Gasteiger partial charge in [0.15, 0.2) is 0 Å². The lowest BCUT2D eigenvalue weighted by atomic mass is 9.73. The molecule has 0 unspecified atom stereocenters. The van der Waals surface area contributed by atoms with Crippen LogP contribution in [0.4, 0.5) is 43.4 Å². The largest absolute Gasteiger partial charge is 0.457 e. The van der Waals surface area contributed by atoms with Crippen LogP contribution in [0.5, 0.6) is 34.5 Å². The second-order valence-electron chi connectivity index (χ2n) is 17.5. The van der Waals surface area contributed by atoms with Gasteiger partial charge in [-0.15, -0.1) is 0 Å². The van der Waals surface area contributed by atoms with Gasteiger partial charge in [-0.1, -0.05) is 61.7 Å². The normalized spacial score (nSPS) is 16.0. The summed E-state index contributed by atoms with van der Waals surface area (Å²) in [6.07, 6.45) is 1.61. The molecule has 380 valence electrons. The van der Waals surface area contributed by atoms with E-state index < -0.39 is 52.5 Å². The minimum absolute atomic E-state index is 0.0748. The summed E-state index contributed by atoms with van der Waals surface area (Å²) in [7, 11) is 0. The van der Waals surface area contributed by atoms with Gasteiger partial charge < -0.3 is 14.2 Å². The van der Waals surface area contributed by atoms with Gasteiger partial charge in [-0.3, -0.25) is 28.8 Å². The highest BCUT2D eigenvalue weighted by Crippen LogP contribution is 2.56. The molecule has 3 heterocycles. The number of hydrogen-bond donors (Lipinski definition) is 0. The van der Waals surface area contributed by atoms with Crippen molar-refractivity contribution in [1.82, 2.24) is 0 Å². The number of amides is 6. The molecule has 6 aromatic carbocycles. The van der Waals surface area contributed by atoms with Crippen LogP contribution in [0.25, 0.3) is 0 Å². The molecule has 1 aliphatic carbocycles. The van der Waals surface area contributed by atoms with Crippen molar-refractivity contribution in [2.24, 2.45) is 0 Å². The van der Waals surface area contributed by atoms with Crippen LogP contribution in [0.2, 0.25) is 0 Å². The Bertz CT molecular complexity index is 3050. The number of para-hydroxylation sites is 1. The second-order valence-corrected chi connectivity index (χ2v) is 17.5. The number of carbonyl (C=O) groups excluding carboxylic acids is 6. The van der Waals surface area contributed by atoms with E-state index in [0.29, 0.717) is 41.6 Å². The number of ether oxygens (including phenoxy) is 3. The quantitative estimate of drug-likeness (QED) is 0.0865. The van der Waals surface area contributed by atoms with Crippen LogP contribution in [-0.2, 0) is 34.2 Å². The van der Waals surface area contributed by atoms with E-state index >= 15 is 0 Å². The number of alkyl halides is 6. The third kappa shape index (κ3) is 10.4. The number of rotatable bonds is 12. The monoisotopic (exact) mass is 1030 g/mol. The highest BCUT2D eigenvalue weighted by atomic mass is 19.4. The van der Waals surface area contributed by atoms with Crippen LogP contribution in [-0.4, -0.2) is 47.8 Å². The van der Waals surface area contributed by atoms with E-state index in [9.17, 15) is 55.1 Å². The van der Waals surface area contributed by atoms with Crippen molar-refractivity contribution in [3.63, 3.8) is 0 Å². The molecular weight excluding hydrogens is 985 g/mol. The number of benzene rings is 6. The van der Waals surface area contributed by atoms with Crippen molar-refractivity contribution in [3.05, 3.63) is 199 Å². The molecule has 0 N–H and O–H groups in total. The first-order valence-corrected chi connectivity index (χ1v) is 23.4. The lowest BCUT2D eigenvalue weighted by Gasteiger charge is -2.38. The topological polar surface area (TPSA) is 140 Å². The molecule has 75 heavy (non-hydrogen) atoms. The molecule has 12 nitrogen and oxygen atoms in total. The Balaban J connectivity index is 0.000000222. The van der Waals surface area contributed by atoms with E-state index in [1.165, 1.54) is 98.4 Å². The summed E-state index contributed by atoms with van der Waals surface area (Å²) >= 11 is 0. The summed E-state index contributed by atoms with van der Waals surface area (Å²) in [6.45, 7) is 0. The van der Waals surface area contributed by atoms with E-state index in [-0.39, 0.29) is 46.2 Å². The Morgan fingerprint density at radius 1 is 0.360 bits per heavy atom. The number of imide groups is 3. The predicted molar refractivity (Wildman–Crippen MR) is 262 cm³/mol. The predicted octanol–water partition coefficient (Wildman–Crippen LogP) is 12.5. The van der Waals surface area contributed by atoms with Gasteiger partial charge in [0.05, 0.1) is 17.1 Å². The lowest BCUT2D eigenvalue weighted by Crippen LogP contribution is -2.54. The van der Waals surface area contributed by atoms with Crippen LogP contribution in [0, 0.1) is 0 Å². The van der Waals surface area contributed by atoms with Crippen LogP contribution < -0.4 is 28.9 Å². The fraction of sp³-hybridized carbons (Fsp3) is 0.158. The highest BCUT2D eigenvalue weighted by molar-refractivity contribution is 6.29. The third-order valence-corrected chi connectivity index (χ3v) is 12.8. The summed E-state index contributed by atoms with van der Waals surface area (Å²) in [4.78, 5) is 74.0. The maximum atomic E-state index is 14.7. The molecule has 0 atom stereocenters. The maximum absolute atomic E-state index is 14.7. The molecule has 3 aliphatic heterocycles. The number of hydrogen-bond acceptors (Lipinski definition) is 9. The van der Waals surface area contributed by atoms with Crippen molar-refractivity contribution >= 4 is 52.5 Å². The van der Waals surface area contributed by atoms with Gasteiger partial charge >= 0.3 is 12.4 Å². The van der Waals surface area contributed by atoms with Gasteiger partial charge in [-0.25, -0.2) is 14.7 Å². The molecule has 1 saturated carbocycles. The molecule has 6 aromatic rings. The molecule has 0 radical (unpaired) electrons. The highest BCUT2D eigenvalue weighted by Gasteiger charge is 2.72. The van der Waals surface area contributed by atoms with E-state index in [1.54, 1.807) is 24.3 Å². The fourth-order valence-corrected chi connectivity index (χ4v) is 9.21.